The van der Waals surface area contributed by atoms with Crippen molar-refractivity contribution in [2.45, 2.75) is 33.9 Å². The predicted molar refractivity (Wildman–Crippen MR) is 121 cm³/mol. The standard InChI is InChI=1S/C22H26N4O7/c1-13-9-16(25-18(29)11-14(2)23(5-7-27)21(25)31)20(33-4)17(10-13)26-19(30)12-15(3)24(6-8-28)22(26)32/h9-12,27-28H,5-8H2,1-4H3. The van der Waals surface area contributed by atoms with E-state index in [2.05, 4.69) is 0 Å². The first-order valence-electron chi connectivity index (χ1n) is 10.2. The molecule has 3 aromatic rings. The van der Waals surface area contributed by atoms with E-state index in [-0.39, 0.29) is 43.4 Å². The number of aliphatic hydroxyl groups is 2. The molecular weight excluding hydrogens is 432 g/mol. The molecule has 11 nitrogen and oxygen atoms in total. The van der Waals surface area contributed by atoms with E-state index >= 15 is 0 Å². The Morgan fingerprint density at radius 3 is 1.45 bits per heavy atom. The van der Waals surface area contributed by atoms with Gasteiger partial charge in [-0.3, -0.25) is 18.7 Å². The zero-order chi connectivity index (χ0) is 24.4. The highest BCUT2D eigenvalue weighted by Crippen LogP contribution is 2.29. The van der Waals surface area contributed by atoms with Gasteiger partial charge in [0.1, 0.15) is 0 Å². The van der Waals surface area contributed by atoms with E-state index in [1.54, 1.807) is 20.8 Å². The van der Waals surface area contributed by atoms with Gasteiger partial charge in [-0.15, -0.1) is 0 Å². The highest BCUT2D eigenvalue weighted by atomic mass is 16.5. The largest absolute Gasteiger partial charge is 0.492 e. The number of aromatic nitrogens is 4. The van der Waals surface area contributed by atoms with Crippen molar-refractivity contribution in [2.24, 2.45) is 0 Å². The lowest BCUT2D eigenvalue weighted by Crippen LogP contribution is -2.41. The molecule has 0 atom stereocenters. The van der Waals surface area contributed by atoms with Gasteiger partial charge >= 0.3 is 11.4 Å². The van der Waals surface area contributed by atoms with Crippen LogP contribution < -0.4 is 27.2 Å². The molecule has 33 heavy (non-hydrogen) atoms. The molecule has 2 N–H and O–H groups in total. The van der Waals surface area contributed by atoms with Crippen LogP contribution in [0.2, 0.25) is 0 Å². The van der Waals surface area contributed by atoms with Gasteiger partial charge in [-0.1, -0.05) is 0 Å². The second kappa shape index (κ2) is 9.43. The van der Waals surface area contributed by atoms with Crippen LogP contribution in [0.5, 0.6) is 5.75 Å². The molecule has 2 heterocycles. The number of hydrogen-bond acceptors (Lipinski definition) is 7. The zero-order valence-electron chi connectivity index (χ0n) is 18.9. The molecule has 0 spiro atoms. The second-order valence-corrected chi connectivity index (χ2v) is 7.57. The van der Waals surface area contributed by atoms with Gasteiger partial charge in [-0.25, -0.2) is 18.7 Å². The summed E-state index contributed by atoms with van der Waals surface area (Å²) in [6, 6.07) is 5.58. The summed E-state index contributed by atoms with van der Waals surface area (Å²) in [7, 11) is 1.30. The minimum atomic E-state index is -0.696. The Hall–Kier alpha value is -3.70. The van der Waals surface area contributed by atoms with Crippen LogP contribution in [-0.4, -0.2) is 48.8 Å². The van der Waals surface area contributed by atoms with Crippen molar-refractivity contribution >= 4 is 0 Å². The van der Waals surface area contributed by atoms with Gasteiger partial charge in [0.15, 0.2) is 5.75 Å². The van der Waals surface area contributed by atoms with E-state index < -0.39 is 22.5 Å². The summed E-state index contributed by atoms with van der Waals surface area (Å²) in [5, 5.41) is 18.7. The van der Waals surface area contributed by atoms with E-state index in [4.69, 9.17) is 4.74 Å². The molecule has 0 aliphatic carbocycles. The van der Waals surface area contributed by atoms with Crippen LogP contribution in [0.3, 0.4) is 0 Å². The fourth-order valence-corrected chi connectivity index (χ4v) is 3.84. The molecule has 1 aromatic carbocycles. The number of nitrogens with zero attached hydrogens (tertiary/aromatic N) is 4. The van der Waals surface area contributed by atoms with Crippen molar-refractivity contribution in [3.05, 3.63) is 82.9 Å². The first-order valence-corrected chi connectivity index (χ1v) is 10.2. The van der Waals surface area contributed by atoms with Crippen molar-refractivity contribution < 1.29 is 14.9 Å². The first kappa shape index (κ1) is 24.0. The van der Waals surface area contributed by atoms with Crippen molar-refractivity contribution in [2.75, 3.05) is 20.3 Å². The summed E-state index contributed by atoms with van der Waals surface area (Å²) in [5.74, 6) is -0.0298. The predicted octanol–water partition coefficient (Wildman–Crippen LogP) is -0.770. The maximum atomic E-state index is 13.1. The van der Waals surface area contributed by atoms with Crippen molar-refractivity contribution in [1.82, 2.24) is 18.3 Å². The Morgan fingerprint density at radius 2 is 1.12 bits per heavy atom. The molecular formula is C22H26N4O7. The number of aryl methyl sites for hydroxylation is 3. The fourth-order valence-electron chi connectivity index (χ4n) is 3.84. The number of benzene rings is 1. The van der Waals surface area contributed by atoms with Gasteiger partial charge in [0.25, 0.3) is 11.1 Å². The third-order valence-electron chi connectivity index (χ3n) is 5.33. The van der Waals surface area contributed by atoms with E-state index in [0.29, 0.717) is 17.0 Å². The van der Waals surface area contributed by atoms with E-state index in [0.717, 1.165) is 9.13 Å². The van der Waals surface area contributed by atoms with Crippen LogP contribution in [0.25, 0.3) is 11.4 Å². The summed E-state index contributed by atoms with van der Waals surface area (Å²) >= 11 is 0. The molecule has 0 radical (unpaired) electrons. The van der Waals surface area contributed by atoms with Crippen LogP contribution in [0.1, 0.15) is 17.0 Å². The summed E-state index contributed by atoms with van der Waals surface area (Å²) in [4.78, 5) is 52.0. The Kier molecular flexibility index (Phi) is 6.84. The van der Waals surface area contributed by atoms with Crippen LogP contribution >= 0.6 is 0 Å². The molecule has 2 aromatic heterocycles. The molecule has 0 aliphatic heterocycles. The lowest BCUT2D eigenvalue weighted by atomic mass is 10.1. The van der Waals surface area contributed by atoms with Crippen molar-refractivity contribution in [3.8, 4) is 17.1 Å². The summed E-state index contributed by atoms with van der Waals surface area (Å²) in [6.07, 6.45) is 0. The summed E-state index contributed by atoms with van der Waals surface area (Å²) in [6.45, 7) is 4.19. The molecule has 176 valence electrons. The highest BCUT2D eigenvalue weighted by Gasteiger charge is 2.21. The first-order chi connectivity index (χ1) is 15.7. The van der Waals surface area contributed by atoms with Gasteiger partial charge in [-0.2, -0.15) is 0 Å². The summed E-state index contributed by atoms with van der Waals surface area (Å²) in [5.41, 5.74) is -1.24. The third kappa shape index (κ3) is 4.20. The topological polar surface area (TPSA) is 138 Å². The molecule has 0 amide bonds. The van der Waals surface area contributed by atoms with Crippen molar-refractivity contribution in [3.63, 3.8) is 0 Å². The molecule has 3 rings (SSSR count). The smallest absolute Gasteiger partial charge is 0.336 e. The van der Waals surface area contributed by atoms with Gasteiger partial charge < -0.3 is 14.9 Å². The van der Waals surface area contributed by atoms with Gasteiger partial charge in [0.05, 0.1) is 44.8 Å². The minimum absolute atomic E-state index is 0.0186. The second-order valence-electron chi connectivity index (χ2n) is 7.57. The van der Waals surface area contributed by atoms with Gasteiger partial charge in [0.2, 0.25) is 0 Å². The Bertz CT molecular complexity index is 1340. The van der Waals surface area contributed by atoms with E-state index in [9.17, 15) is 29.4 Å². The Morgan fingerprint density at radius 1 is 0.727 bits per heavy atom. The monoisotopic (exact) mass is 458 g/mol. The van der Waals surface area contributed by atoms with E-state index in [1.807, 2.05) is 0 Å². The number of ether oxygens (including phenoxy) is 1. The maximum absolute atomic E-state index is 13.1. The quantitative estimate of drug-likeness (QED) is 0.474. The third-order valence-corrected chi connectivity index (χ3v) is 5.33. The van der Waals surface area contributed by atoms with Gasteiger partial charge in [0, 0.05) is 23.5 Å². The van der Waals surface area contributed by atoms with Crippen LogP contribution in [0.15, 0.2) is 43.4 Å². The SMILES string of the molecule is COc1c(-n2c(=O)cc(C)n(CCO)c2=O)cc(C)cc1-n1c(=O)cc(C)n(CCO)c1=O. The lowest BCUT2D eigenvalue weighted by molar-refractivity contribution is 0.271. The van der Waals surface area contributed by atoms with E-state index in [1.165, 1.54) is 40.5 Å². The molecule has 0 saturated heterocycles. The van der Waals surface area contributed by atoms with Crippen LogP contribution in [0.4, 0.5) is 0 Å². The number of rotatable bonds is 7. The zero-order valence-corrected chi connectivity index (χ0v) is 18.9. The average molecular weight is 458 g/mol. The lowest BCUT2D eigenvalue weighted by Gasteiger charge is -2.19. The molecule has 0 bridgehead atoms. The van der Waals surface area contributed by atoms with Crippen LogP contribution in [0, 0.1) is 20.8 Å². The molecule has 0 unspecified atom stereocenters. The minimum Gasteiger partial charge on any atom is -0.492 e. The van der Waals surface area contributed by atoms with Gasteiger partial charge in [-0.05, 0) is 38.5 Å². The number of methoxy groups -OCH3 is 1. The molecule has 11 heteroatoms. The average Bonchev–Trinajstić information content (AvgIpc) is 2.73. The molecule has 0 aliphatic rings. The number of hydrogen-bond donors (Lipinski definition) is 2. The number of aliphatic hydroxyl groups excluding tert-OH is 2. The van der Waals surface area contributed by atoms with Crippen LogP contribution in [-0.2, 0) is 13.1 Å². The molecule has 0 fully saturated rings. The normalized spacial score (nSPS) is 11.1. The summed E-state index contributed by atoms with van der Waals surface area (Å²) < 4.78 is 9.75. The highest BCUT2D eigenvalue weighted by molar-refractivity contribution is 5.61. The maximum Gasteiger partial charge on any atom is 0.336 e. The Balaban J connectivity index is 2.46. The fraction of sp³-hybridized carbons (Fsp3) is 0.364. The molecule has 0 saturated carbocycles. The Labute approximate surface area is 188 Å². The van der Waals surface area contributed by atoms with Crippen molar-refractivity contribution in [1.29, 1.82) is 0 Å².